The Hall–Kier alpha value is -2.42. The van der Waals surface area contributed by atoms with E-state index < -0.39 is 10.5 Å². The van der Waals surface area contributed by atoms with Crippen molar-refractivity contribution in [3.05, 3.63) is 28.3 Å². The summed E-state index contributed by atoms with van der Waals surface area (Å²) in [6.45, 7) is 7.55. The number of hydrogen-bond acceptors (Lipinski definition) is 7. The van der Waals surface area contributed by atoms with Gasteiger partial charge in [0.1, 0.15) is 5.60 Å². The molecule has 3 rings (SSSR count). The standard InChI is InChI=1S/C19H25N3O5S/c1-19(2,3)27-18(23)21-9-6-13(7-10-21)8-11-26-17-20-15-12-14(22(24)25)4-5-16(15)28-17/h4-5,12-13H,6-11H2,1-3H3. The Morgan fingerprint density at radius 3 is 2.71 bits per heavy atom. The normalized spacial score (nSPS) is 15.6. The molecule has 0 N–H and O–H groups in total. The Morgan fingerprint density at radius 1 is 1.36 bits per heavy atom. The SMILES string of the molecule is CC(C)(C)OC(=O)N1CCC(CCOc2nc3cc([N+](=O)[O-])ccc3s2)CC1. The van der Waals surface area contributed by atoms with Gasteiger partial charge in [0.15, 0.2) is 0 Å². The maximum absolute atomic E-state index is 12.1. The molecule has 1 amide bonds. The Kier molecular flexibility index (Phi) is 6.02. The molecule has 9 heteroatoms. The Bertz CT molecular complexity index is 853. The predicted octanol–water partition coefficient (Wildman–Crippen LogP) is 4.62. The third-order valence-corrected chi connectivity index (χ3v) is 5.53. The van der Waals surface area contributed by atoms with Gasteiger partial charge in [-0.3, -0.25) is 10.1 Å². The van der Waals surface area contributed by atoms with Crippen LogP contribution in [0.15, 0.2) is 18.2 Å². The zero-order valence-corrected chi connectivity index (χ0v) is 17.2. The zero-order valence-electron chi connectivity index (χ0n) is 16.3. The first-order valence-electron chi connectivity index (χ1n) is 9.37. The van der Waals surface area contributed by atoms with E-state index in [1.807, 2.05) is 20.8 Å². The molecule has 1 fully saturated rings. The lowest BCUT2D eigenvalue weighted by Gasteiger charge is -2.33. The van der Waals surface area contributed by atoms with Gasteiger partial charge in [-0.2, -0.15) is 0 Å². The molecule has 152 valence electrons. The summed E-state index contributed by atoms with van der Waals surface area (Å²) in [5.41, 5.74) is 0.139. The number of fused-ring (bicyclic) bond motifs is 1. The predicted molar refractivity (Wildman–Crippen MR) is 107 cm³/mol. The van der Waals surface area contributed by atoms with Gasteiger partial charge in [-0.1, -0.05) is 11.3 Å². The van der Waals surface area contributed by atoms with Crippen molar-refractivity contribution in [1.82, 2.24) is 9.88 Å². The van der Waals surface area contributed by atoms with E-state index in [1.165, 1.54) is 23.5 Å². The van der Waals surface area contributed by atoms with E-state index in [1.54, 1.807) is 11.0 Å². The van der Waals surface area contributed by atoms with Gasteiger partial charge in [0, 0.05) is 25.2 Å². The molecular weight excluding hydrogens is 382 g/mol. The molecule has 0 bridgehead atoms. The number of nitro groups is 1. The molecule has 1 aromatic carbocycles. The smallest absolute Gasteiger partial charge is 0.410 e. The van der Waals surface area contributed by atoms with Gasteiger partial charge < -0.3 is 14.4 Å². The number of thiazole rings is 1. The number of nitro benzene ring substituents is 1. The van der Waals surface area contributed by atoms with Crippen LogP contribution in [-0.2, 0) is 4.74 Å². The molecule has 1 saturated heterocycles. The van der Waals surface area contributed by atoms with Crippen molar-refractivity contribution in [2.24, 2.45) is 5.92 Å². The summed E-state index contributed by atoms with van der Waals surface area (Å²) in [4.78, 5) is 28.6. The van der Waals surface area contributed by atoms with Crippen LogP contribution in [0.4, 0.5) is 10.5 Å². The number of ether oxygens (including phenoxy) is 2. The molecule has 8 nitrogen and oxygen atoms in total. The van der Waals surface area contributed by atoms with Crippen LogP contribution in [0, 0.1) is 16.0 Å². The lowest BCUT2D eigenvalue weighted by Crippen LogP contribution is -2.41. The van der Waals surface area contributed by atoms with Gasteiger partial charge in [0.2, 0.25) is 0 Å². The van der Waals surface area contributed by atoms with Crippen LogP contribution in [0.1, 0.15) is 40.0 Å². The minimum absolute atomic E-state index is 0.0288. The number of hydrogen-bond donors (Lipinski definition) is 0. The van der Waals surface area contributed by atoms with Crippen molar-refractivity contribution in [1.29, 1.82) is 0 Å². The van der Waals surface area contributed by atoms with Crippen LogP contribution in [0.5, 0.6) is 5.19 Å². The quantitative estimate of drug-likeness (QED) is 0.530. The molecule has 2 heterocycles. The minimum atomic E-state index is -0.473. The summed E-state index contributed by atoms with van der Waals surface area (Å²) in [5.74, 6) is 0.495. The maximum Gasteiger partial charge on any atom is 0.410 e. The molecule has 2 aromatic rings. The Labute approximate surface area is 167 Å². The first kappa shape index (κ1) is 20.3. The van der Waals surface area contributed by atoms with Gasteiger partial charge >= 0.3 is 6.09 Å². The molecule has 1 aliphatic heterocycles. The number of aromatic nitrogens is 1. The highest BCUT2D eigenvalue weighted by Gasteiger charge is 2.26. The fraction of sp³-hybridized carbons (Fsp3) is 0.579. The monoisotopic (exact) mass is 407 g/mol. The number of amides is 1. The van der Waals surface area contributed by atoms with E-state index in [0.29, 0.717) is 36.3 Å². The van der Waals surface area contributed by atoms with Crippen molar-refractivity contribution in [2.45, 2.75) is 45.6 Å². The van der Waals surface area contributed by atoms with Crippen LogP contribution >= 0.6 is 11.3 Å². The molecule has 0 atom stereocenters. The number of nitrogens with zero attached hydrogens (tertiary/aromatic N) is 3. The first-order valence-corrected chi connectivity index (χ1v) is 10.2. The van der Waals surface area contributed by atoms with E-state index in [0.717, 1.165) is 24.0 Å². The van der Waals surface area contributed by atoms with Crippen LogP contribution in [0.3, 0.4) is 0 Å². The average molecular weight is 407 g/mol. The molecule has 28 heavy (non-hydrogen) atoms. The molecule has 1 aliphatic rings. The van der Waals surface area contributed by atoms with Gasteiger partial charge in [0.05, 0.1) is 21.7 Å². The van der Waals surface area contributed by atoms with Crippen molar-refractivity contribution in [3.63, 3.8) is 0 Å². The van der Waals surface area contributed by atoms with Gasteiger partial charge in [0.25, 0.3) is 10.9 Å². The lowest BCUT2D eigenvalue weighted by atomic mass is 9.94. The number of carbonyl (C=O) groups is 1. The van der Waals surface area contributed by atoms with Crippen molar-refractivity contribution >= 4 is 33.3 Å². The summed E-state index contributed by atoms with van der Waals surface area (Å²) in [5, 5.41) is 11.4. The third-order valence-electron chi connectivity index (χ3n) is 4.58. The van der Waals surface area contributed by atoms with Crippen molar-refractivity contribution < 1.29 is 19.2 Å². The highest BCUT2D eigenvalue weighted by molar-refractivity contribution is 7.20. The summed E-state index contributed by atoms with van der Waals surface area (Å²) in [6, 6.07) is 4.64. The van der Waals surface area contributed by atoms with Crippen LogP contribution in [0.2, 0.25) is 0 Å². The largest absolute Gasteiger partial charge is 0.470 e. The van der Waals surface area contributed by atoms with E-state index in [4.69, 9.17) is 9.47 Å². The van der Waals surface area contributed by atoms with E-state index in [2.05, 4.69) is 4.98 Å². The van der Waals surface area contributed by atoms with Crippen LogP contribution < -0.4 is 4.74 Å². The molecule has 0 aliphatic carbocycles. The topological polar surface area (TPSA) is 94.8 Å². The number of piperidine rings is 1. The fourth-order valence-electron chi connectivity index (χ4n) is 3.11. The number of carbonyl (C=O) groups excluding carboxylic acids is 1. The highest BCUT2D eigenvalue weighted by Crippen LogP contribution is 2.31. The number of benzene rings is 1. The Balaban J connectivity index is 1.44. The molecule has 1 aromatic heterocycles. The van der Waals surface area contributed by atoms with Crippen LogP contribution in [-0.4, -0.2) is 46.2 Å². The summed E-state index contributed by atoms with van der Waals surface area (Å²) in [7, 11) is 0. The van der Waals surface area contributed by atoms with Crippen molar-refractivity contribution in [3.8, 4) is 5.19 Å². The number of rotatable bonds is 5. The minimum Gasteiger partial charge on any atom is -0.470 e. The highest BCUT2D eigenvalue weighted by atomic mass is 32.1. The van der Waals surface area contributed by atoms with E-state index in [9.17, 15) is 14.9 Å². The molecule has 0 saturated carbocycles. The number of likely N-dealkylation sites (tertiary alicyclic amines) is 1. The third kappa shape index (κ3) is 5.31. The van der Waals surface area contributed by atoms with Gasteiger partial charge in [-0.05, 0) is 52.0 Å². The fourth-order valence-corrected chi connectivity index (χ4v) is 3.93. The average Bonchev–Trinajstić information content (AvgIpc) is 3.02. The second-order valence-electron chi connectivity index (χ2n) is 7.94. The van der Waals surface area contributed by atoms with Gasteiger partial charge in [-0.15, -0.1) is 0 Å². The second-order valence-corrected chi connectivity index (χ2v) is 8.93. The Morgan fingerprint density at radius 2 is 2.07 bits per heavy atom. The van der Waals surface area contributed by atoms with E-state index in [-0.39, 0.29) is 11.8 Å². The molecule has 0 unspecified atom stereocenters. The summed E-state index contributed by atoms with van der Waals surface area (Å²) >= 11 is 1.39. The maximum atomic E-state index is 12.1. The molecule has 0 radical (unpaired) electrons. The van der Waals surface area contributed by atoms with Crippen molar-refractivity contribution in [2.75, 3.05) is 19.7 Å². The number of non-ortho nitro benzene ring substituents is 1. The summed E-state index contributed by atoms with van der Waals surface area (Å²) < 4.78 is 12.1. The van der Waals surface area contributed by atoms with Gasteiger partial charge in [-0.25, -0.2) is 9.78 Å². The first-order chi connectivity index (χ1) is 13.2. The lowest BCUT2D eigenvalue weighted by molar-refractivity contribution is -0.384. The molecule has 0 spiro atoms. The summed E-state index contributed by atoms with van der Waals surface area (Å²) in [6.07, 6.45) is 2.49. The second kappa shape index (κ2) is 8.30. The zero-order chi connectivity index (χ0) is 20.3. The van der Waals surface area contributed by atoms with E-state index >= 15 is 0 Å². The van der Waals surface area contributed by atoms with Crippen LogP contribution in [0.25, 0.3) is 10.2 Å². The molecular formula is C19H25N3O5S.